The molecular formula is C30H43N5O3. The summed E-state index contributed by atoms with van der Waals surface area (Å²) in [6.07, 6.45) is 6.21. The van der Waals surface area contributed by atoms with Crippen LogP contribution in [0.25, 0.3) is 0 Å². The second kappa shape index (κ2) is 11.2. The van der Waals surface area contributed by atoms with Crippen molar-refractivity contribution in [2.24, 2.45) is 11.8 Å². The maximum absolute atomic E-state index is 13.3. The second-order valence-corrected chi connectivity index (χ2v) is 12.4. The third-order valence-corrected chi connectivity index (χ3v) is 8.46. The van der Waals surface area contributed by atoms with Gasteiger partial charge in [-0.1, -0.05) is 31.5 Å². The van der Waals surface area contributed by atoms with Crippen molar-refractivity contribution in [2.45, 2.75) is 103 Å². The maximum Gasteiger partial charge on any atom is 0.225 e. The van der Waals surface area contributed by atoms with E-state index >= 15 is 0 Å². The van der Waals surface area contributed by atoms with Gasteiger partial charge in [-0.25, -0.2) is 0 Å². The van der Waals surface area contributed by atoms with Gasteiger partial charge >= 0.3 is 0 Å². The molecule has 38 heavy (non-hydrogen) atoms. The Labute approximate surface area is 226 Å². The monoisotopic (exact) mass is 521 g/mol. The van der Waals surface area contributed by atoms with E-state index in [0.29, 0.717) is 37.4 Å². The fraction of sp³-hybridized carbons (Fsp3) is 0.667. The number of rotatable bonds is 10. The van der Waals surface area contributed by atoms with Gasteiger partial charge in [0.1, 0.15) is 11.6 Å². The zero-order valence-electron chi connectivity index (χ0n) is 23.3. The first-order valence-corrected chi connectivity index (χ1v) is 14.5. The van der Waals surface area contributed by atoms with Crippen molar-refractivity contribution >= 4 is 17.5 Å². The van der Waals surface area contributed by atoms with Crippen LogP contribution in [0.15, 0.2) is 18.2 Å². The Morgan fingerprint density at radius 3 is 2.50 bits per heavy atom. The van der Waals surface area contributed by atoms with Gasteiger partial charge in [-0.3, -0.25) is 9.59 Å². The van der Waals surface area contributed by atoms with Crippen LogP contribution in [0.5, 0.6) is 0 Å². The lowest BCUT2D eigenvalue weighted by atomic mass is 9.71. The first kappa shape index (κ1) is 26.9. The molecule has 1 unspecified atom stereocenters. The minimum absolute atomic E-state index is 0.0293. The van der Waals surface area contributed by atoms with Crippen LogP contribution in [0.4, 0.5) is 5.69 Å². The number of aryl methyl sites for hydroxylation is 2. The van der Waals surface area contributed by atoms with E-state index in [1.165, 1.54) is 6.42 Å². The van der Waals surface area contributed by atoms with Gasteiger partial charge in [0.2, 0.25) is 11.8 Å². The minimum atomic E-state index is -0.468. The summed E-state index contributed by atoms with van der Waals surface area (Å²) in [6, 6.07) is 6.34. The van der Waals surface area contributed by atoms with Gasteiger partial charge < -0.3 is 19.9 Å². The number of anilines is 1. The molecule has 1 saturated heterocycles. The molecule has 2 heterocycles. The van der Waals surface area contributed by atoms with Gasteiger partial charge in [0, 0.05) is 49.5 Å². The number of nitrogens with one attached hydrogen (secondary N) is 1. The maximum atomic E-state index is 13.3. The van der Waals surface area contributed by atoms with Crippen molar-refractivity contribution in [2.75, 3.05) is 18.4 Å². The van der Waals surface area contributed by atoms with Gasteiger partial charge in [-0.15, -0.1) is 10.2 Å². The largest absolute Gasteiger partial charge is 0.391 e. The summed E-state index contributed by atoms with van der Waals surface area (Å²) in [5, 5.41) is 22.4. The first-order valence-electron chi connectivity index (χ1n) is 14.5. The van der Waals surface area contributed by atoms with E-state index in [9.17, 15) is 14.7 Å². The standard InChI is InChI=1S/C30H43N5O3/c1-18(2)11-21-13-22(14-21)29-32-33-30(35(29)24-6-7-24)23(16-28(38)34-10-9-25(36)17-34)15-27(37)31-26-8-5-19(3)12-20(26)4/h5,8,12,18,21-25,36H,6-7,9-11,13-17H2,1-4H3,(H,31,37)/t21-,22+,23?,25-/m1/s1. The Morgan fingerprint density at radius 2 is 1.87 bits per heavy atom. The number of carbonyl (C=O) groups is 2. The van der Waals surface area contributed by atoms with Crippen molar-refractivity contribution in [1.82, 2.24) is 19.7 Å². The van der Waals surface area contributed by atoms with Crippen LogP contribution >= 0.6 is 0 Å². The molecule has 8 heteroatoms. The number of benzene rings is 1. The normalized spacial score (nSPS) is 23.9. The van der Waals surface area contributed by atoms with Gasteiger partial charge in [0.05, 0.1) is 6.10 Å². The number of aromatic nitrogens is 3. The van der Waals surface area contributed by atoms with E-state index < -0.39 is 6.10 Å². The zero-order chi connectivity index (χ0) is 27.0. The number of nitrogens with zero attached hydrogens (tertiary/aromatic N) is 4. The number of aliphatic hydroxyl groups excluding tert-OH is 1. The molecule has 2 atom stereocenters. The summed E-state index contributed by atoms with van der Waals surface area (Å²) in [7, 11) is 0. The van der Waals surface area contributed by atoms with E-state index in [1.807, 2.05) is 26.0 Å². The highest BCUT2D eigenvalue weighted by Gasteiger charge is 2.40. The van der Waals surface area contributed by atoms with E-state index in [-0.39, 0.29) is 30.6 Å². The molecular weight excluding hydrogens is 478 g/mol. The SMILES string of the molecule is Cc1ccc(NC(=O)CC(CC(=O)N2CC[C@@H](O)C2)c2nnc([C@H]3C[C@@H](CC(C)C)C3)n2C2CC2)c(C)c1. The molecule has 2 amide bonds. The highest BCUT2D eigenvalue weighted by Crippen LogP contribution is 2.48. The lowest BCUT2D eigenvalue weighted by Gasteiger charge is -2.36. The second-order valence-electron chi connectivity index (χ2n) is 12.4. The number of β-amino-alcohol motifs (C(OH)–C–C–N with tert-alkyl or cyclic N) is 1. The Hall–Kier alpha value is -2.74. The van der Waals surface area contributed by atoms with Gasteiger partial charge in [0.15, 0.2) is 0 Å². The Balaban J connectivity index is 1.37. The molecule has 2 N–H and O–H groups in total. The van der Waals surface area contributed by atoms with E-state index in [0.717, 1.165) is 60.1 Å². The van der Waals surface area contributed by atoms with E-state index in [4.69, 9.17) is 0 Å². The van der Waals surface area contributed by atoms with Crippen LogP contribution in [-0.2, 0) is 9.59 Å². The summed E-state index contributed by atoms with van der Waals surface area (Å²) in [6.45, 7) is 9.50. The molecule has 0 radical (unpaired) electrons. The zero-order valence-corrected chi connectivity index (χ0v) is 23.3. The number of amides is 2. The minimum Gasteiger partial charge on any atom is -0.391 e. The van der Waals surface area contributed by atoms with Crippen molar-refractivity contribution in [1.29, 1.82) is 0 Å². The van der Waals surface area contributed by atoms with Crippen LogP contribution < -0.4 is 5.32 Å². The van der Waals surface area contributed by atoms with Crippen LogP contribution in [0.1, 0.15) is 106 Å². The molecule has 8 nitrogen and oxygen atoms in total. The number of hydrogen-bond acceptors (Lipinski definition) is 5. The quantitative estimate of drug-likeness (QED) is 0.465. The first-order chi connectivity index (χ1) is 18.2. The summed E-state index contributed by atoms with van der Waals surface area (Å²) in [5.41, 5.74) is 2.96. The average Bonchev–Trinajstić information content (AvgIpc) is 3.42. The smallest absolute Gasteiger partial charge is 0.225 e. The van der Waals surface area contributed by atoms with Crippen LogP contribution in [0.3, 0.4) is 0 Å². The van der Waals surface area contributed by atoms with Gasteiger partial charge in [-0.05, 0) is 75.8 Å². The summed E-state index contributed by atoms with van der Waals surface area (Å²) in [5.74, 6) is 3.17. The third-order valence-electron chi connectivity index (χ3n) is 8.46. The van der Waals surface area contributed by atoms with Crippen LogP contribution in [0.2, 0.25) is 0 Å². The number of aliphatic hydroxyl groups is 1. The number of carbonyl (C=O) groups excluding carboxylic acids is 2. The third kappa shape index (κ3) is 6.11. The topological polar surface area (TPSA) is 100 Å². The molecule has 0 bridgehead atoms. The lowest BCUT2D eigenvalue weighted by molar-refractivity contribution is -0.131. The molecule has 1 aliphatic heterocycles. The van der Waals surface area contributed by atoms with Crippen LogP contribution in [-0.4, -0.2) is 55.8 Å². The lowest BCUT2D eigenvalue weighted by Crippen LogP contribution is -2.32. The van der Waals surface area contributed by atoms with Crippen molar-refractivity contribution in [3.05, 3.63) is 41.0 Å². The fourth-order valence-corrected chi connectivity index (χ4v) is 6.33. The predicted octanol–water partition coefficient (Wildman–Crippen LogP) is 4.87. The molecule has 5 rings (SSSR count). The average molecular weight is 522 g/mol. The molecule has 3 fully saturated rings. The van der Waals surface area contributed by atoms with Gasteiger partial charge in [0.25, 0.3) is 0 Å². The van der Waals surface area contributed by atoms with Gasteiger partial charge in [-0.2, -0.15) is 0 Å². The van der Waals surface area contributed by atoms with Crippen LogP contribution in [0, 0.1) is 25.7 Å². The summed E-state index contributed by atoms with van der Waals surface area (Å²) < 4.78 is 2.29. The fourth-order valence-electron chi connectivity index (χ4n) is 6.33. The number of hydrogen-bond donors (Lipinski definition) is 2. The predicted molar refractivity (Wildman–Crippen MR) is 147 cm³/mol. The molecule has 0 spiro atoms. The van der Waals surface area contributed by atoms with E-state index in [1.54, 1.807) is 4.90 Å². The molecule has 2 saturated carbocycles. The Bertz CT molecular complexity index is 1160. The number of likely N-dealkylation sites (tertiary alicyclic amines) is 1. The van der Waals surface area contributed by atoms with Crippen molar-refractivity contribution < 1.29 is 14.7 Å². The van der Waals surface area contributed by atoms with Crippen molar-refractivity contribution in [3.63, 3.8) is 0 Å². The van der Waals surface area contributed by atoms with E-state index in [2.05, 4.69) is 40.0 Å². The molecule has 1 aromatic heterocycles. The molecule has 2 aliphatic carbocycles. The summed E-state index contributed by atoms with van der Waals surface area (Å²) >= 11 is 0. The highest BCUT2D eigenvalue weighted by molar-refractivity contribution is 5.92. The molecule has 3 aliphatic rings. The molecule has 1 aromatic carbocycles. The van der Waals surface area contributed by atoms with Crippen molar-refractivity contribution in [3.8, 4) is 0 Å². The summed E-state index contributed by atoms with van der Waals surface area (Å²) in [4.78, 5) is 28.3. The Kier molecular flexibility index (Phi) is 7.89. The highest BCUT2D eigenvalue weighted by atomic mass is 16.3. The Morgan fingerprint density at radius 1 is 1.11 bits per heavy atom. The molecule has 206 valence electrons. The molecule has 2 aromatic rings.